The summed E-state index contributed by atoms with van der Waals surface area (Å²) in [7, 11) is 0. The van der Waals surface area contributed by atoms with Crippen molar-refractivity contribution in [3.63, 3.8) is 0 Å². The molecule has 2 saturated carbocycles. The molecule has 0 saturated heterocycles. The lowest BCUT2D eigenvalue weighted by Crippen LogP contribution is -2.14. The molecule has 0 bridgehead atoms. The van der Waals surface area contributed by atoms with Gasteiger partial charge in [0.25, 0.3) is 0 Å². The Labute approximate surface area is 172 Å². The first-order chi connectivity index (χ1) is 13.8. The average molecular weight is 376 g/mol. The molecule has 0 aliphatic heterocycles. The Morgan fingerprint density at radius 3 is 2.07 bits per heavy atom. The molecule has 0 N–H and O–H groups in total. The van der Waals surface area contributed by atoms with Crippen LogP contribution >= 0.6 is 0 Å². The normalized spacial score (nSPS) is 28.6. The highest BCUT2D eigenvalue weighted by Crippen LogP contribution is 2.37. The van der Waals surface area contributed by atoms with Crippen LogP contribution in [0.1, 0.15) is 88.2 Å². The van der Waals surface area contributed by atoms with Crippen molar-refractivity contribution in [3.05, 3.63) is 59.7 Å². The molecule has 1 aromatic rings. The van der Waals surface area contributed by atoms with Crippen LogP contribution in [-0.4, -0.2) is 0 Å². The van der Waals surface area contributed by atoms with Crippen molar-refractivity contribution in [1.29, 1.82) is 5.26 Å². The standard InChI is InChI=1S/C27H37N/c1-2-22-13-17-26(18-14-22)27-19-15-25(16-20-27)12-11-24-9-7-23(8-10-24)6-4-3-5-21-28/h3,5,11-14,17-18,23-25,27H,2,4,6-10,15-16,19-20H2,1H3/b5-3?,12-11+/t23-,24-,25-,27-. The van der Waals surface area contributed by atoms with E-state index in [1.54, 1.807) is 11.6 Å². The zero-order valence-electron chi connectivity index (χ0n) is 17.7. The van der Waals surface area contributed by atoms with Gasteiger partial charge >= 0.3 is 0 Å². The Morgan fingerprint density at radius 1 is 0.893 bits per heavy atom. The highest BCUT2D eigenvalue weighted by Gasteiger charge is 2.22. The minimum atomic E-state index is 0.779. The van der Waals surface area contributed by atoms with Crippen molar-refractivity contribution in [3.8, 4) is 6.07 Å². The van der Waals surface area contributed by atoms with Gasteiger partial charge in [-0.1, -0.05) is 49.4 Å². The maximum Gasteiger partial charge on any atom is 0.0908 e. The van der Waals surface area contributed by atoms with Gasteiger partial charge in [0.05, 0.1) is 6.07 Å². The van der Waals surface area contributed by atoms with E-state index in [4.69, 9.17) is 5.26 Å². The quantitative estimate of drug-likeness (QED) is 0.353. The zero-order chi connectivity index (χ0) is 19.6. The van der Waals surface area contributed by atoms with Crippen LogP contribution in [0.4, 0.5) is 0 Å². The molecule has 1 nitrogen and oxygen atoms in total. The smallest absolute Gasteiger partial charge is 0.0908 e. The molecule has 150 valence electrons. The van der Waals surface area contributed by atoms with E-state index in [1.165, 1.54) is 63.4 Å². The number of allylic oxidation sites excluding steroid dienone is 4. The Morgan fingerprint density at radius 2 is 1.50 bits per heavy atom. The molecule has 0 radical (unpaired) electrons. The van der Waals surface area contributed by atoms with Gasteiger partial charge in [-0.05, 0) is 105 Å². The monoisotopic (exact) mass is 375 g/mol. The molecule has 3 rings (SSSR count). The van der Waals surface area contributed by atoms with Gasteiger partial charge in [0.2, 0.25) is 0 Å². The first-order valence-electron chi connectivity index (χ1n) is 11.6. The van der Waals surface area contributed by atoms with Crippen LogP contribution in [0.2, 0.25) is 0 Å². The summed E-state index contributed by atoms with van der Waals surface area (Å²) in [4.78, 5) is 0. The van der Waals surface area contributed by atoms with Crippen molar-refractivity contribution < 1.29 is 0 Å². The second-order valence-electron chi connectivity index (χ2n) is 8.98. The van der Waals surface area contributed by atoms with Gasteiger partial charge in [0, 0.05) is 6.08 Å². The summed E-state index contributed by atoms with van der Waals surface area (Å²) in [5.74, 6) is 3.27. The fraction of sp³-hybridized carbons (Fsp3) is 0.593. The molecule has 0 spiro atoms. The fourth-order valence-electron chi connectivity index (χ4n) is 5.12. The molecule has 0 unspecified atom stereocenters. The highest BCUT2D eigenvalue weighted by atomic mass is 14.3. The zero-order valence-corrected chi connectivity index (χ0v) is 17.7. The van der Waals surface area contributed by atoms with Crippen LogP contribution in [-0.2, 0) is 6.42 Å². The molecule has 0 heterocycles. The second-order valence-corrected chi connectivity index (χ2v) is 8.98. The SMILES string of the molecule is CCc1ccc([C@H]2CC[C@H](/C=C/[C@H]3CC[C@H](CCC=CC#N)CC3)CC2)cc1. The number of aryl methyl sites for hydroxylation is 1. The number of benzene rings is 1. The summed E-state index contributed by atoms with van der Waals surface area (Å²) >= 11 is 0. The third-order valence-electron chi connectivity index (χ3n) is 7.11. The number of hydrogen-bond donors (Lipinski definition) is 0. The minimum Gasteiger partial charge on any atom is -0.193 e. The topological polar surface area (TPSA) is 23.8 Å². The summed E-state index contributed by atoms with van der Waals surface area (Å²) < 4.78 is 0. The van der Waals surface area contributed by atoms with E-state index in [0.29, 0.717) is 0 Å². The molecule has 0 atom stereocenters. The van der Waals surface area contributed by atoms with Crippen LogP contribution in [0.25, 0.3) is 0 Å². The van der Waals surface area contributed by atoms with E-state index in [-0.39, 0.29) is 0 Å². The highest BCUT2D eigenvalue weighted by molar-refractivity contribution is 5.25. The Kier molecular flexibility index (Phi) is 8.41. The summed E-state index contributed by atoms with van der Waals surface area (Å²) in [6.45, 7) is 2.23. The molecule has 2 aliphatic rings. The molecular formula is C27H37N. The summed E-state index contributed by atoms with van der Waals surface area (Å²) in [6.07, 6.45) is 23.1. The van der Waals surface area contributed by atoms with Gasteiger partial charge in [-0.25, -0.2) is 0 Å². The molecule has 1 aromatic carbocycles. The van der Waals surface area contributed by atoms with E-state index in [0.717, 1.165) is 36.5 Å². The predicted octanol–water partition coefficient (Wildman–Crippen LogP) is 7.75. The molecule has 1 heteroatoms. The van der Waals surface area contributed by atoms with Gasteiger partial charge in [-0.2, -0.15) is 5.26 Å². The van der Waals surface area contributed by atoms with Crippen LogP contribution < -0.4 is 0 Å². The summed E-state index contributed by atoms with van der Waals surface area (Å²) in [6, 6.07) is 11.5. The fourth-order valence-corrected chi connectivity index (χ4v) is 5.12. The van der Waals surface area contributed by atoms with Crippen LogP contribution in [0.5, 0.6) is 0 Å². The first-order valence-corrected chi connectivity index (χ1v) is 11.6. The van der Waals surface area contributed by atoms with Crippen molar-refractivity contribution in [2.45, 2.75) is 83.5 Å². The van der Waals surface area contributed by atoms with Crippen molar-refractivity contribution >= 4 is 0 Å². The van der Waals surface area contributed by atoms with E-state index in [1.807, 2.05) is 6.08 Å². The van der Waals surface area contributed by atoms with E-state index in [9.17, 15) is 0 Å². The second kappa shape index (κ2) is 11.3. The number of nitriles is 1. The molecule has 0 amide bonds. The maximum absolute atomic E-state index is 8.55. The van der Waals surface area contributed by atoms with Crippen LogP contribution in [0, 0.1) is 29.1 Å². The summed E-state index contributed by atoms with van der Waals surface area (Å²) in [5.41, 5.74) is 3.01. The predicted molar refractivity (Wildman–Crippen MR) is 119 cm³/mol. The van der Waals surface area contributed by atoms with Crippen molar-refractivity contribution in [2.24, 2.45) is 17.8 Å². The van der Waals surface area contributed by atoms with Crippen LogP contribution in [0.3, 0.4) is 0 Å². The number of rotatable bonds is 7. The average Bonchev–Trinajstić information content (AvgIpc) is 2.76. The molecule has 2 aliphatic carbocycles. The van der Waals surface area contributed by atoms with Gasteiger partial charge in [-0.3, -0.25) is 0 Å². The van der Waals surface area contributed by atoms with E-state index >= 15 is 0 Å². The minimum absolute atomic E-state index is 0.779. The number of hydrogen-bond acceptors (Lipinski definition) is 1. The lowest BCUT2D eigenvalue weighted by atomic mass is 9.77. The molecule has 28 heavy (non-hydrogen) atoms. The van der Waals surface area contributed by atoms with Crippen LogP contribution in [0.15, 0.2) is 48.6 Å². The lowest BCUT2D eigenvalue weighted by Gasteiger charge is -2.29. The van der Waals surface area contributed by atoms with Crippen molar-refractivity contribution in [1.82, 2.24) is 0 Å². The van der Waals surface area contributed by atoms with E-state index in [2.05, 4.69) is 49.4 Å². The van der Waals surface area contributed by atoms with Gasteiger partial charge in [0.15, 0.2) is 0 Å². The van der Waals surface area contributed by atoms with Gasteiger partial charge < -0.3 is 0 Å². The van der Waals surface area contributed by atoms with E-state index < -0.39 is 0 Å². The molecular weight excluding hydrogens is 338 g/mol. The molecule has 2 fully saturated rings. The Hall–Kier alpha value is -1.81. The largest absolute Gasteiger partial charge is 0.193 e. The number of nitrogens with zero attached hydrogens (tertiary/aromatic N) is 1. The first kappa shape index (κ1) is 20.9. The lowest BCUT2D eigenvalue weighted by molar-refractivity contribution is 0.295. The third kappa shape index (κ3) is 6.37. The van der Waals surface area contributed by atoms with Gasteiger partial charge in [0.1, 0.15) is 0 Å². The van der Waals surface area contributed by atoms with Crippen molar-refractivity contribution in [2.75, 3.05) is 0 Å². The maximum atomic E-state index is 8.55. The van der Waals surface area contributed by atoms with Gasteiger partial charge in [-0.15, -0.1) is 0 Å². The Balaban J connectivity index is 1.36. The third-order valence-corrected chi connectivity index (χ3v) is 7.11. The summed E-state index contributed by atoms with van der Waals surface area (Å²) in [5, 5.41) is 8.55. The molecule has 0 aromatic heterocycles. The Bertz CT molecular complexity index is 659.